The number of likely N-dealkylation sites (tertiary alicyclic amines) is 1. The quantitative estimate of drug-likeness (QED) is 0.904. The molecule has 19 heavy (non-hydrogen) atoms. The highest BCUT2D eigenvalue weighted by Gasteiger charge is 2.41. The molecule has 3 heteroatoms. The second-order valence-electron chi connectivity index (χ2n) is 6.11. The number of nitrogens with two attached hydrogens (primary N) is 1. The van der Waals surface area contributed by atoms with Crippen LogP contribution in [0.1, 0.15) is 44.7 Å². The zero-order valence-electron chi connectivity index (χ0n) is 11.9. The molecule has 2 aliphatic rings. The van der Waals surface area contributed by atoms with Gasteiger partial charge in [0.05, 0.1) is 12.1 Å². The standard InChI is InChI=1S/C16H24N2O/c1-11(2)19-14-5-3-4-12(10-14)16-15(17)8-9-18(16)13-6-7-13/h3-5,10-11,13,15-16H,6-9,17H2,1-2H3. The summed E-state index contributed by atoms with van der Waals surface area (Å²) in [7, 11) is 0. The van der Waals surface area contributed by atoms with Crippen molar-refractivity contribution >= 4 is 0 Å². The van der Waals surface area contributed by atoms with E-state index in [1.807, 2.05) is 6.07 Å². The molecule has 1 saturated heterocycles. The van der Waals surface area contributed by atoms with Crippen molar-refractivity contribution < 1.29 is 4.74 Å². The molecule has 1 aliphatic heterocycles. The zero-order chi connectivity index (χ0) is 13.4. The largest absolute Gasteiger partial charge is 0.491 e. The number of hydrogen-bond acceptors (Lipinski definition) is 3. The Balaban J connectivity index is 1.83. The Morgan fingerprint density at radius 2 is 2.05 bits per heavy atom. The van der Waals surface area contributed by atoms with Crippen LogP contribution in [-0.4, -0.2) is 29.6 Å². The molecule has 3 rings (SSSR count). The van der Waals surface area contributed by atoms with Gasteiger partial charge in [-0.2, -0.15) is 0 Å². The highest BCUT2D eigenvalue weighted by molar-refractivity contribution is 5.32. The van der Waals surface area contributed by atoms with E-state index in [4.69, 9.17) is 10.5 Å². The van der Waals surface area contributed by atoms with Crippen LogP contribution in [-0.2, 0) is 0 Å². The van der Waals surface area contributed by atoms with Crippen molar-refractivity contribution in [2.24, 2.45) is 5.73 Å². The fourth-order valence-corrected chi connectivity index (χ4v) is 3.14. The van der Waals surface area contributed by atoms with E-state index in [-0.39, 0.29) is 12.1 Å². The van der Waals surface area contributed by atoms with Crippen molar-refractivity contribution in [2.45, 2.75) is 57.3 Å². The Kier molecular flexibility index (Phi) is 3.50. The molecule has 1 heterocycles. The van der Waals surface area contributed by atoms with E-state index < -0.39 is 0 Å². The summed E-state index contributed by atoms with van der Waals surface area (Å²) in [5, 5.41) is 0. The first kappa shape index (κ1) is 12.9. The Bertz CT molecular complexity index is 442. The van der Waals surface area contributed by atoms with Gasteiger partial charge in [-0.15, -0.1) is 0 Å². The average Bonchev–Trinajstić information content (AvgIpc) is 3.12. The van der Waals surface area contributed by atoms with Gasteiger partial charge >= 0.3 is 0 Å². The summed E-state index contributed by atoms with van der Waals surface area (Å²) in [6.45, 7) is 5.26. The van der Waals surface area contributed by atoms with Crippen LogP contribution >= 0.6 is 0 Å². The maximum atomic E-state index is 6.34. The van der Waals surface area contributed by atoms with E-state index in [0.29, 0.717) is 6.04 Å². The Labute approximate surface area is 115 Å². The number of ether oxygens (including phenoxy) is 1. The minimum absolute atomic E-state index is 0.215. The summed E-state index contributed by atoms with van der Waals surface area (Å²) in [4.78, 5) is 2.60. The van der Waals surface area contributed by atoms with Crippen molar-refractivity contribution in [1.29, 1.82) is 0 Å². The van der Waals surface area contributed by atoms with Crippen LogP contribution in [0.3, 0.4) is 0 Å². The van der Waals surface area contributed by atoms with E-state index in [2.05, 4.69) is 36.9 Å². The molecule has 0 bridgehead atoms. The Morgan fingerprint density at radius 1 is 1.26 bits per heavy atom. The second kappa shape index (κ2) is 5.14. The monoisotopic (exact) mass is 260 g/mol. The van der Waals surface area contributed by atoms with Crippen LogP contribution in [0.2, 0.25) is 0 Å². The Morgan fingerprint density at radius 3 is 2.74 bits per heavy atom. The molecule has 0 aromatic heterocycles. The minimum atomic E-state index is 0.215. The van der Waals surface area contributed by atoms with Gasteiger partial charge in [0.25, 0.3) is 0 Å². The topological polar surface area (TPSA) is 38.5 Å². The molecule has 2 unspecified atom stereocenters. The van der Waals surface area contributed by atoms with Gasteiger partial charge in [-0.3, -0.25) is 4.90 Å². The van der Waals surface area contributed by atoms with E-state index >= 15 is 0 Å². The molecule has 2 fully saturated rings. The minimum Gasteiger partial charge on any atom is -0.491 e. The van der Waals surface area contributed by atoms with Crippen LogP contribution < -0.4 is 10.5 Å². The molecule has 0 spiro atoms. The molecule has 3 nitrogen and oxygen atoms in total. The van der Waals surface area contributed by atoms with E-state index in [1.54, 1.807) is 0 Å². The summed E-state index contributed by atoms with van der Waals surface area (Å²) in [6, 6.07) is 9.89. The van der Waals surface area contributed by atoms with Crippen molar-refractivity contribution in [3.8, 4) is 5.75 Å². The lowest BCUT2D eigenvalue weighted by Gasteiger charge is -2.27. The van der Waals surface area contributed by atoms with Gasteiger partial charge in [-0.05, 0) is 50.8 Å². The second-order valence-corrected chi connectivity index (χ2v) is 6.11. The molecule has 104 valence electrons. The fourth-order valence-electron chi connectivity index (χ4n) is 3.14. The first-order valence-electron chi connectivity index (χ1n) is 7.43. The highest BCUT2D eigenvalue weighted by atomic mass is 16.5. The lowest BCUT2D eigenvalue weighted by molar-refractivity contribution is 0.230. The molecule has 0 radical (unpaired) electrons. The average molecular weight is 260 g/mol. The number of rotatable bonds is 4. The summed E-state index contributed by atoms with van der Waals surface area (Å²) >= 11 is 0. The predicted molar refractivity (Wildman–Crippen MR) is 77.3 cm³/mol. The first-order chi connectivity index (χ1) is 9.15. The van der Waals surface area contributed by atoms with Crippen molar-refractivity contribution in [1.82, 2.24) is 4.90 Å². The van der Waals surface area contributed by atoms with Gasteiger partial charge in [0, 0.05) is 18.6 Å². The molecule has 2 atom stereocenters. The number of nitrogens with zero attached hydrogens (tertiary/aromatic N) is 1. The summed E-state index contributed by atoms with van der Waals surface area (Å²) in [5.41, 5.74) is 7.65. The lowest BCUT2D eigenvalue weighted by atomic mass is 10.0. The maximum absolute atomic E-state index is 6.34. The van der Waals surface area contributed by atoms with Crippen LogP contribution in [0.25, 0.3) is 0 Å². The molecule has 1 saturated carbocycles. The third kappa shape index (κ3) is 2.77. The molecule has 0 amide bonds. The Hall–Kier alpha value is -1.06. The normalized spacial score (nSPS) is 28.0. The maximum Gasteiger partial charge on any atom is 0.120 e. The zero-order valence-corrected chi connectivity index (χ0v) is 11.9. The predicted octanol–water partition coefficient (Wildman–Crippen LogP) is 2.71. The summed E-state index contributed by atoms with van der Waals surface area (Å²) < 4.78 is 5.80. The SMILES string of the molecule is CC(C)Oc1cccc(C2C(N)CCN2C2CC2)c1. The van der Waals surface area contributed by atoms with Crippen LogP contribution in [0, 0.1) is 0 Å². The first-order valence-corrected chi connectivity index (χ1v) is 7.43. The van der Waals surface area contributed by atoms with E-state index in [9.17, 15) is 0 Å². The van der Waals surface area contributed by atoms with Crippen molar-refractivity contribution in [2.75, 3.05) is 6.54 Å². The van der Waals surface area contributed by atoms with Gasteiger partial charge in [0.15, 0.2) is 0 Å². The third-order valence-corrected chi connectivity index (χ3v) is 4.07. The summed E-state index contributed by atoms with van der Waals surface area (Å²) in [5.74, 6) is 0.961. The lowest BCUT2D eigenvalue weighted by Crippen LogP contribution is -2.33. The molecule has 1 aliphatic carbocycles. The molecular formula is C16H24N2O. The van der Waals surface area contributed by atoms with Gasteiger partial charge in [-0.1, -0.05) is 12.1 Å². The smallest absolute Gasteiger partial charge is 0.120 e. The van der Waals surface area contributed by atoms with Crippen LogP contribution in [0.5, 0.6) is 5.75 Å². The van der Waals surface area contributed by atoms with Crippen LogP contribution in [0.15, 0.2) is 24.3 Å². The molecule has 2 N–H and O–H groups in total. The van der Waals surface area contributed by atoms with Gasteiger partial charge in [0.1, 0.15) is 5.75 Å². The molecule has 1 aromatic rings. The van der Waals surface area contributed by atoms with Crippen LogP contribution in [0.4, 0.5) is 0 Å². The highest BCUT2D eigenvalue weighted by Crippen LogP contribution is 2.40. The molecular weight excluding hydrogens is 236 g/mol. The molecule has 1 aromatic carbocycles. The summed E-state index contributed by atoms with van der Waals surface area (Å²) in [6.07, 6.45) is 4.00. The van der Waals surface area contributed by atoms with Crippen molar-refractivity contribution in [3.63, 3.8) is 0 Å². The van der Waals surface area contributed by atoms with Crippen molar-refractivity contribution in [3.05, 3.63) is 29.8 Å². The number of hydrogen-bond donors (Lipinski definition) is 1. The van der Waals surface area contributed by atoms with E-state index in [1.165, 1.54) is 18.4 Å². The fraction of sp³-hybridized carbons (Fsp3) is 0.625. The van der Waals surface area contributed by atoms with Gasteiger partial charge < -0.3 is 10.5 Å². The number of benzene rings is 1. The van der Waals surface area contributed by atoms with Gasteiger partial charge in [-0.25, -0.2) is 0 Å². The van der Waals surface area contributed by atoms with Gasteiger partial charge in [0.2, 0.25) is 0 Å². The third-order valence-electron chi connectivity index (χ3n) is 4.07. The van der Waals surface area contributed by atoms with E-state index in [0.717, 1.165) is 24.8 Å².